The number of halogens is 1. The fraction of sp³-hybridized carbons (Fsp3) is 0.167. The first-order valence-electron chi connectivity index (χ1n) is 7.11. The van der Waals surface area contributed by atoms with E-state index in [2.05, 4.69) is 21.2 Å². The lowest BCUT2D eigenvalue weighted by Gasteiger charge is -2.15. The lowest BCUT2D eigenvalue weighted by molar-refractivity contribution is 0.0913. The number of rotatable bonds is 3. The van der Waals surface area contributed by atoms with Crippen LogP contribution in [0.3, 0.4) is 0 Å². The van der Waals surface area contributed by atoms with Crippen LogP contribution >= 0.6 is 15.9 Å². The number of aryl methyl sites for hydroxylation is 1. The van der Waals surface area contributed by atoms with Gasteiger partial charge in [-0.15, -0.1) is 0 Å². The van der Waals surface area contributed by atoms with E-state index in [1.54, 1.807) is 0 Å². The molecule has 1 N–H and O–H groups in total. The van der Waals surface area contributed by atoms with Gasteiger partial charge in [0, 0.05) is 15.4 Å². The Balaban J connectivity index is 1.87. The number of fused-ring (bicyclic) bond motifs is 1. The number of amides is 1. The number of hydrogen-bond donors (Lipinski definition) is 1. The largest absolute Gasteiger partial charge is 0.451 e. The Morgan fingerprint density at radius 2 is 1.82 bits per heavy atom. The molecule has 0 aliphatic carbocycles. The van der Waals surface area contributed by atoms with Gasteiger partial charge >= 0.3 is 0 Å². The van der Waals surface area contributed by atoms with Gasteiger partial charge in [0.2, 0.25) is 0 Å². The Morgan fingerprint density at radius 1 is 1.14 bits per heavy atom. The number of para-hydroxylation sites is 1. The van der Waals surface area contributed by atoms with Gasteiger partial charge in [-0.05, 0) is 31.5 Å². The van der Waals surface area contributed by atoms with Gasteiger partial charge in [0.25, 0.3) is 5.91 Å². The Morgan fingerprint density at radius 3 is 2.55 bits per heavy atom. The number of hydrogen-bond acceptors (Lipinski definition) is 2. The third-order valence-corrected chi connectivity index (χ3v) is 4.49. The summed E-state index contributed by atoms with van der Waals surface area (Å²) in [6.45, 7) is 3.86. The highest BCUT2D eigenvalue weighted by Crippen LogP contribution is 2.27. The van der Waals surface area contributed by atoms with Crippen LogP contribution in [-0.4, -0.2) is 5.91 Å². The van der Waals surface area contributed by atoms with Crippen molar-refractivity contribution in [1.82, 2.24) is 5.32 Å². The monoisotopic (exact) mass is 357 g/mol. The zero-order chi connectivity index (χ0) is 15.7. The molecule has 4 heteroatoms. The zero-order valence-corrected chi connectivity index (χ0v) is 14.0. The molecule has 1 atom stereocenters. The summed E-state index contributed by atoms with van der Waals surface area (Å²) in [5, 5.41) is 3.97. The molecule has 3 nitrogen and oxygen atoms in total. The molecule has 0 aliphatic heterocycles. The highest BCUT2D eigenvalue weighted by molar-refractivity contribution is 9.10. The summed E-state index contributed by atoms with van der Waals surface area (Å²) in [7, 11) is 0. The van der Waals surface area contributed by atoms with Crippen LogP contribution in [0.25, 0.3) is 11.0 Å². The van der Waals surface area contributed by atoms with Crippen LogP contribution in [0.1, 0.15) is 34.6 Å². The van der Waals surface area contributed by atoms with E-state index in [0.717, 1.165) is 26.6 Å². The van der Waals surface area contributed by atoms with Crippen molar-refractivity contribution in [3.05, 3.63) is 69.9 Å². The van der Waals surface area contributed by atoms with Gasteiger partial charge in [-0.2, -0.15) is 0 Å². The summed E-state index contributed by atoms with van der Waals surface area (Å²) >= 11 is 3.51. The molecule has 0 saturated carbocycles. The lowest BCUT2D eigenvalue weighted by Crippen LogP contribution is -2.27. The van der Waals surface area contributed by atoms with Crippen molar-refractivity contribution in [3.8, 4) is 0 Å². The van der Waals surface area contributed by atoms with E-state index >= 15 is 0 Å². The zero-order valence-electron chi connectivity index (χ0n) is 12.4. The minimum atomic E-state index is -0.197. The van der Waals surface area contributed by atoms with E-state index in [-0.39, 0.29) is 11.9 Å². The minimum Gasteiger partial charge on any atom is -0.451 e. The first-order valence-corrected chi connectivity index (χ1v) is 7.90. The van der Waals surface area contributed by atoms with E-state index in [4.69, 9.17) is 4.42 Å². The van der Waals surface area contributed by atoms with Crippen molar-refractivity contribution < 1.29 is 9.21 Å². The summed E-state index contributed by atoms with van der Waals surface area (Å²) in [5.41, 5.74) is 2.63. The fourth-order valence-corrected chi connectivity index (χ4v) is 3.19. The maximum Gasteiger partial charge on any atom is 0.287 e. The van der Waals surface area contributed by atoms with Crippen LogP contribution in [0.5, 0.6) is 0 Å². The second kappa shape index (κ2) is 5.97. The van der Waals surface area contributed by atoms with E-state index in [0.29, 0.717) is 5.76 Å². The second-order valence-electron chi connectivity index (χ2n) is 5.27. The van der Waals surface area contributed by atoms with E-state index < -0.39 is 0 Å². The molecule has 2 aromatic carbocycles. The predicted octanol–water partition coefficient (Wildman–Crippen LogP) is 4.99. The number of carbonyl (C=O) groups is 1. The van der Waals surface area contributed by atoms with Crippen LogP contribution in [0, 0.1) is 6.92 Å². The molecule has 0 unspecified atom stereocenters. The summed E-state index contributed by atoms with van der Waals surface area (Å²) in [4.78, 5) is 12.5. The molecule has 3 aromatic rings. The molecule has 1 aromatic heterocycles. The molecule has 112 valence electrons. The van der Waals surface area contributed by atoms with Gasteiger partial charge in [0.15, 0.2) is 5.76 Å². The first kappa shape index (κ1) is 14.9. The molecule has 0 aliphatic rings. The van der Waals surface area contributed by atoms with Gasteiger partial charge in [-0.25, -0.2) is 0 Å². The summed E-state index contributed by atoms with van der Waals surface area (Å²) in [6, 6.07) is 15.4. The van der Waals surface area contributed by atoms with Gasteiger partial charge in [-0.3, -0.25) is 4.79 Å². The number of nitrogens with one attached hydrogen (secondary N) is 1. The van der Waals surface area contributed by atoms with Crippen LogP contribution in [0.15, 0.2) is 57.4 Å². The molecule has 0 radical (unpaired) electrons. The van der Waals surface area contributed by atoms with Crippen molar-refractivity contribution in [2.45, 2.75) is 19.9 Å². The van der Waals surface area contributed by atoms with Gasteiger partial charge in [0.05, 0.1) is 6.04 Å². The highest BCUT2D eigenvalue weighted by atomic mass is 79.9. The number of carbonyl (C=O) groups excluding carboxylic acids is 1. The molecule has 0 spiro atoms. The van der Waals surface area contributed by atoms with E-state index in [1.807, 2.05) is 62.4 Å². The van der Waals surface area contributed by atoms with Crippen molar-refractivity contribution in [3.63, 3.8) is 0 Å². The summed E-state index contributed by atoms with van der Waals surface area (Å²) < 4.78 is 6.68. The SMILES string of the molecule is Cc1c(C(=O)N[C@H](C)c2ccccc2Br)oc2ccccc12. The average molecular weight is 358 g/mol. The smallest absolute Gasteiger partial charge is 0.287 e. The quantitative estimate of drug-likeness (QED) is 0.716. The Labute approximate surface area is 137 Å². The topological polar surface area (TPSA) is 42.2 Å². The Bertz CT molecular complexity index is 838. The molecule has 1 amide bonds. The molecule has 22 heavy (non-hydrogen) atoms. The third kappa shape index (κ3) is 2.66. The molecule has 0 fully saturated rings. The van der Waals surface area contributed by atoms with Crippen LogP contribution < -0.4 is 5.32 Å². The van der Waals surface area contributed by atoms with E-state index in [1.165, 1.54) is 0 Å². The molecule has 1 heterocycles. The maximum absolute atomic E-state index is 12.5. The predicted molar refractivity (Wildman–Crippen MR) is 91.0 cm³/mol. The number of benzene rings is 2. The second-order valence-corrected chi connectivity index (χ2v) is 6.12. The Kier molecular flexibility index (Phi) is 4.03. The van der Waals surface area contributed by atoms with Gasteiger partial charge in [-0.1, -0.05) is 52.3 Å². The molecular formula is C18H16BrNO2. The van der Waals surface area contributed by atoms with Crippen LogP contribution in [-0.2, 0) is 0 Å². The Hall–Kier alpha value is -2.07. The minimum absolute atomic E-state index is 0.115. The fourth-order valence-electron chi connectivity index (χ4n) is 2.56. The van der Waals surface area contributed by atoms with Crippen molar-refractivity contribution in [2.75, 3.05) is 0 Å². The third-order valence-electron chi connectivity index (χ3n) is 3.77. The normalized spacial score (nSPS) is 12.3. The van der Waals surface area contributed by atoms with Crippen molar-refractivity contribution in [2.24, 2.45) is 0 Å². The number of furan rings is 1. The van der Waals surface area contributed by atoms with Crippen LogP contribution in [0.2, 0.25) is 0 Å². The highest BCUT2D eigenvalue weighted by Gasteiger charge is 2.20. The summed E-state index contributed by atoms with van der Waals surface area (Å²) in [6.07, 6.45) is 0. The standard InChI is InChI=1S/C18H16BrNO2/c1-11-13-7-4-6-10-16(13)22-17(11)18(21)20-12(2)14-8-3-5-9-15(14)19/h3-10,12H,1-2H3,(H,20,21)/t12-/m1/s1. The maximum atomic E-state index is 12.5. The molecule has 3 rings (SSSR count). The molecule has 0 bridgehead atoms. The summed E-state index contributed by atoms with van der Waals surface area (Å²) in [5.74, 6) is 0.178. The van der Waals surface area contributed by atoms with Crippen LogP contribution in [0.4, 0.5) is 0 Å². The van der Waals surface area contributed by atoms with E-state index in [9.17, 15) is 4.79 Å². The van der Waals surface area contributed by atoms with Gasteiger partial charge < -0.3 is 9.73 Å². The lowest BCUT2D eigenvalue weighted by atomic mass is 10.1. The molecule has 0 saturated heterocycles. The van der Waals surface area contributed by atoms with Crippen molar-refractivity contribution >= 4 is 32.8 Å². The first-order chi connectivity index (χ1) is 10.6. The molecular weight excluding hydrogens is 342 g/mol. The average Bonchev–Trinajstić information content (AvgIpc) is 2.85. The van der Waals surface area contributed by atoms with Crippen molar-refractivity contribution in [1.29, 1.82) is 0 Å². The van der Waals surface area contributed by atoms with Gasteiger partial charge in [0.1, 0.15) is 5.58 Å².